The number of benzene rings is 2. The van der Waals surface area contributed by atoms with E-state index in [1.54, 1.807) is 62.7 Å². The van der Waals surface area contributed by atoms with Gasteiger partial charge in [-0.2, -0.15) is 0 Å². The van der Waals surface area contributed by atoms with Crippen LogP contribution in [0.15, 0.2) is 72.3 Å². The van der Waals surface area contributed by atoms with Gasteiger partial charge in [-0.15, -0.1) is 0 Å². The Balaban J connectivity index is 2.01. The minimum absolute atomic E-state index is 0.0128. The van der Waals surface area contributed by atoms with E-state index >= 15 is 0 Å². The van der Waals surface area contributed by atoms with Crippen LogP contribution in [0.4, 0.5) is 0 Å². The molecule has 0 spiro atoms. The number of rotatable bonds is 3. The van der Waals surface area contributed by atoms with E-state index in [2.05, 4.69) is 0 Å². The minimum Gasteiger partial charge on any atom is -0.505 e. The zero-order valence-corrected chi connectivity index (χ0v) is 15.4. The average Bonchev–Trinajstić information content (AvgIpc) is 2.69. The van der Waals surface area contributed by atoms with E-state index in [9.17, 15) is 14.7 Å². The van der Waals surface area contributed by atoms with Crippen molar-refractivity contribution in [1.82, 2.24) is 4.57 Å². The van der Waals surface area contributed by atoms with Crippen molar-refractivity contribution in [3.8, 4) is 11.5 Å². The van der Waals surface area contributed by atoms with Gasteiger partial charge in [0.1, 0.15) is 16.0 Å². The molecule has 2 heterocycles. The average molecular weight is 381 g/mol. The second-order valence-corrected chi connectivity index (χ2v) is 7.02. The number of aryl methyl sites for hydroxylation is 1. The highest BCUT2D eigenvalue weighted by atomic mass is 32.2. The molecule has 0 atom stereocenters. The summed E-state index contributed by atoms with van der Waals surface area (Å²) in [4.78, 5) is 26.0. The number of para-hydroxylation sites is 1. The Morgan fingerprint density at radius 1 is 1.11 bits per heavy atom. The second kappa shape index (κ2) is 6.51. The summed E-state index contributed by atoms with van der Waals surface area (Å²) in [6.45, 7) is 0. The minimum atomic E-state index is -0.703. The molecule has 0 fully saturated rings. The molecule has 4 rings (SSSR count). The maximum absolute atomic E-state index is 12.8. The molecule has 0 bridgehead atoms. The summed E-state index contributed by atoms with van der Waals surface area (Å²) in [5.74, 6) is 0.243. The van der Waals surface area contributed by atoms with Crippen LogP contribution in [-0.2, 0) is 7.05 Å². The summed E-state index contributed by atoms with van der Waals surface area (Å²) in [6.07, 6.45) is 0. The quantitative estimate of drug-likeness (QED) is 0.547. The van der Waals surface area contributed by atoms with Crippen LogP contribution in [0.5, 0.6) is 11.5 Å². The first kappa shape index (κ1) is 17.2. The summed E-state index contributed by atoms with van der Waals surface area (Å²) in [5, 5.41) is 11.3. The highest BCUT2D eigenvalue weighted by molar-refractivity contribution is 7.99. The SMILES string of the molecule is COc1cccc(Sc2c(O)c3c(=O)n(C)c4ccccc4c3oc2=O)c1. The zero-order chi connectivity index (χ0) is 19.1. The number of pyridine rings is 1. The fourth-order valence-electron chi connectivity index (χ4n) is 3.00. The van der Waals surface area contributed by atoms with Gasteiger partial charge in [0.15, 0.2) is 11.3 Å². The standard InChI is InChI=1S/C20H15NO5S/c1-21-14-9-4-3-8-13(14)17-15(19(21)23)16(22)18(20(24)26-17)27-12-7-5-6-11(10-12)25-2/h3-10,22H,1-2H3. The van der Waals surface area contributed by atoms with Crippen LogP contribution in [0.1, 0.15) is 0 Å². The molecule has 1 N–H and O–H groups in total. The van der Waals surface area contributed by atoms with Gasteiger partial charge in [0.05, 0.1) is 12.6 Å². The van der Waals surface area contributed by atoms with Crippen LogP contribution >= 0.6 is 11.8 Å². The van der Waals surface area contributed by atoms with Crippen molar-refractivity contribution in [3.63, 3.8) is 0 Å². The van der Waals surface area contributed by atoms with E-state index < -0.39 is 11.2 Å². The number of fused-ring (bicyclic) bond motifs is 3. The monoisotopic (exact) mass is 381 g/mol. The molecule has 6 nitrogen and oxygen atoms in total. The Kier molecular flexibility index (Phi) is 4.16. The summed E-state index contributed by atoms with van der Waals surface area (Å²) in [5.41, 5.74) is -0.430. The zero-order valence-electron chi connectivity index (χ0n) is 14.6. The van der Waals surface area contributed by atoms with E-state index in [1.165, 1.54) is 4.57 Å². The third-order valence-corrected chi connectivity index (χ3v) is 5.40. The van der Waals surface area contributed by atoms with Crippen molar-refractivity contribution in [2.24, 2.45) is 7.05 Å². The van der Waals surface area contributed by atoms with Crippen LogP contribution < -0.4 is 15.9 Å². The van der Waals surface area contributed by atoms with Crippen LogP contribution in [0.2, 0.25) is 0 Å². The number of methoxy groups -OCH3 is 1. The molecular weight excluding hydrogens is 366 g/mol. The summed E-state index contributed by atoms with van der Waals surface area (Å²) < 4.78 is 12.1. The first-order valence-electron chi connectivity index (χ1n) is 8.10. The lowest BCUT2D eigenvalue weighted by Gasteiger charge is -2.11. The highest BCUT2D eigenvalue weighted by Gasteiger charge is 2.21. The molecule has 4 aromatic rings. The molecule has 136 valence electrons. The normalized spacial score (nSPS) is 11.2. The first-order chi connectivity index (χ1) is 13.0. The Hall–Kier alpha value is -3.19. The van der Waals surface area contributed by atoms with Gasteiger partial charge in [0.25, 0.3) is 5.56 Å². The molecule has 0 amide bonds. The van der Waals surface area contributed by atoms with Crippen molar-refractivity contribution in [2.45, 2.75) is 9.79 Å². The molecule has 0 aliphatic rings. The number of hydrogen-bond acceptors (Lipinski definition) is 6. The molecule has 0 aliphatic carbocycles. The molecular formula is C20H15NO5S. The van der Waals surface area contributed by atoms with Gasteiger partial charge >= 0.3 is 5.63 Å². The van der Waals surface area contributed by atoms with E-state index in [0.29, 0.717) is 21.5 Å². The van der Waals surface area contributed by atoms with Crippen molar-refractivity contribution in [2.75, 3.05) is 7.11 Å². The van der Waals surface area contributed by atoms with Gasteiger partial charge in [-0.1, -0.05) is 30.0 Å². The van der Waals surface area contributed by atoms with Gasteiger partial charge in [-0.25, -0.2) is 4.79 Å². The van der Waals surface area contributed by atoms with Gasteiger partial charge < -0.3 is 18.8 Å². The third kappa shape index (κ3) is 2.76. The van der Waals surface area contributed by atoms with E-state index in [4.69, 9.17) is 9.15 Å². The van der Waals surface area contributed by atoms with E-state index in [1.807, 2.05) is 0 Å². The summed E-state index contributed by atoms with van der Waals surface area (Å²) in [7, 11) is 3.16. The summed E-state index contributed by atoms with van der Waals surface area (Å²) in [6, 6.07) is 14.1. The maximum atomic E-state index is 12.8. The van der Waals surface area contributed by atoms with E-state index in [0.717, 1.165) is 11.8 Å². The fraction of sp³-hybridized carbons (Fsp3) is 0.100. The first-order valence-corrected chi connectivity index (χ1v) is 8.92. The van der Waals surface area contributed by atoms with Gasteiger partial charge in [-0.3, -0.25) is 4.79 Å². The molecule has 0 saturated carbocycles. The van der Waals surface area contributed by atoms with Crippen molar-refractivity contribution >= 4 is 33.6 Å². The van der Waals surface area contributed by atoms with Crippen molar-refractivity contribution in [3.05, 3.63) is 69.3 Å². The van der Waals surface area contributed by atoms with Crippen LogP contribution in [-0.4, -0.2) is 16.8 Å². The molecule has 27 heavy (non-hydrogen) atoms. The number of ether oxygens (including phenoxy) is 1. The van der Waals surface area contributed by atoms with Gasteiger partial charge in [0, 0.05) is 17.3 Å². The van der Waals surface area contributed by atoms with Crippen LogP contribution in [0.3, 0.4) is 0 Å². The Morgan fingerprint density at radius 3 is 2.67 bits per heavy atom. The molecule has 0 saturated heterocycles. The van der Waals surface area contributed by atoms with E-state index in [-0.39, 0.29) is 21.6 Å². The Morgan fingerprint density at radius 2 is 1.89 bits per heavy atom. The smallest absolute Gasteiger partial charge is 0.354 e. The molecule has 0 aliphatic heterocycles. The Labute approximate surface area is 157 Å². The number of nitrogens with zero attached hydrogens (tertiary/aromatic N) is 1. The lowest BCUT2D eigenvalue weighted by molar-refractivity contribution is 0.413. The molecule has 0 radical (unpaired) electrons. The number of aromatic hydroxyl groups is 1. The second-order valence-electron chi connectivity index (χ2n) is 5.93. The summed E-state index contributed by atoms with van der Waals surface area (Å²) >= 11 is 1.02. The molecule has 2 aromatic heterocycles. The predicted molar refractivity (Wildman–Crippen MR) is 104 cm³/mol. The van der Waals surface area contributed by atoms with Crippen LogP contribution in [0, 0.1) is 0 Å². The highest BCUT2D eigenvalue weighted by Crippen LogP contribution is 2.37. The number of aromatic nitrogens is 1. The number of hydrogen-bond donors (Lipinski definition) is 1. The van der Waals surface area contributed by atoms with Gasteiger partial charge in [-0.05, 0) is 30.3 Å². The van der Waals surface area contributed by atoms with Crippen molar-refractivity contribution in [1.29, 1.82) is 0 Å². The maximum Gasteiger partial charge on any atom is 0.354 e. The van der Waals surface area contributed by atoms with Crippen LogP contribution in [0.25, 0.3) is 21.9 Å². The lowest BCUT2D eigenvalue weighted by Crippen LogP contribution is -2.19. The molecule has 0 unspecified atom stereocenters. The van der Waals surface area contributed by atoms with Gasteiger partial charge in [0.2, 0.25) is 0 Å². The fourth-order valence-corrected chi connectivity index (χ4v) is 3.88. The third-order valence-electron chi connectivity index (χ3n) is 4.35. The topological polar surface area (TPSA) is 81.7 Å². The largest absolute Gasteiger partial charge is 0.505 e. The van der Waals surface area contributed by atoms with Crippen molar-refractivity contribution < 1.29 is 14.3 Å². The Bertz CT molecular complexity index is 1310. The molecule has 2 aromatic carbocycles. The molecule has 7 heteroatoms. The predicted octanol–water partition coefficient (Wildman–Crippen LogP) is 3.51. The lowest BCUT2D eigenvalue weighted by atomic mass is 10.1.